The van der Waals surface area contributed by atoms with Crippen molar-refractivity contribution in [2.75, 3.05) is 18.9 Å². The Labute approximate surface area is 121 Å². The molecule has 0 radical (unpaired) electrons. The van der Waals surface area contributed by atoms with Gasteiger partial charge in [-0.3, -0.25) is 4.57 Å². The van der Waals surface area contributed by atoms with E-state index >= 15 is 0 Å². The first kappa shape index (κ1) is 14.0. The van der Waals surface area contributed by atoms with E-state index in [0.717, 1.165) is 6.42 Å². The summed E-state index contributed by atoms with van der Waals surface area (Å²) in [6.07, 6.45) is 2.06. The maximum atomic E-state index is 9.26. The van der Waals surface area contributed by atoms with Crippen molar-refractivity contribution in [3.8, 4) is 5.88 Å². The fourth-order valence-corrected chi connectivity index (χ4v) is 2.71. The van der Waals surface area contributed by atoms with Gasteiger partial charge in [-0.1, -0.05) is 6.92 Å². The summed E-state index contributed by atoms with van der Waals surface area (Å²) in [6.45, 7) is 4.42. The summed E-state index contributed by atoms with van der Waals surface area (Å²) in [6, 6.07) is 0. The summed E-state index contributed by atoms with van der Waals surface area (Å²) >= 11 is 0. The highest BCUT2D eigenvalue weighted by atomic mass is 16.5. The molecule has 8 heteroatoms. The van der Waals surface area contributed by atoms with Crippen LogP contribution in [0.3, 0.4) is 0 Å². The molecule has 0 unspecified atom stereocenters. The number of hydrogen-bond acceptors (Lipinski definition) is 7. The van der Waals surface area contributed by atoms with Crippen LogP contribution in [0.25, 0.3) is 11.2 Å². The Hall–Kier alpha value is -1.93. The van der Waals surface area contributed by atoms with Crippen molar-refractivity contribution in [3.05, 3.63) is 6.33 Å². The van der Waals surface area contributed by atoms with Crippen LogP contribution in [0.2, 0.25) is 0 Å². The van der Waals surface area contributed by atoms with E-state index in [1.165, 1.54) is 0 Å². The summed E-state index contributed by atoms with van der Waals surface area (Å²) in [7, 11) is 0. The molecule has 21 heavy (non-hydrogen) atoms. The number of nitrogens with two attached hydrogens (primary N) is 1. The van der Waals surface area contributed by atoms with E-state index in [1.54, 1.807) is 6.33 Å². The first-order valence-corrected chi connectivity index (χ1v) is 7.03. The predicted molar refractivity (Wildman–Crippen MR) is 75.7 cm³/mol. The molecule has 1 saturated heterocycles. The van der Waals surface area contributed by atoms with Gasteiger partial charge in [0, 0.05) is 5.92 Å². The van der Waals surface area contributed by atoms with E-state index in [9.17, 15) is 5.11 Å². The molecular formula is C13H19N5O3. The summed E-state index contributed by atoms with van der Waals surface area (Å²) in [5.74, 6) is 0.756. The number of hydrogen-bond donors (Lipinski definition) is 2. The van der Waals surface area contributed by atoms with Gasteiger partial charge in [0.2, 0.25) is 11.8 Å². The number of nitrogen functional groups attached to an aromatic ring is 1. The predicted octanol–water partition coefficient (Wildman–Crippen LogP) is 0.723. The maximum Gasteiger partial charge on any atom is 0.247 e. The number of ether oxygens (including phenoxy) is 2. The van der Waals surface area contributed by atoms with Crippen molar-refractivity contribution in [2.24, 2.45) is 5.92 Å². The second-order valence-corrected chi connectivity index (χ2v) is 5.19. The van der Waals surface area contributed by atoms with Gasteiger partial charge in [0.1, 0.15) is 6.23 Å². The fraction of sp³-hybridized carbons (Fsp3) is 0.615. The fourth-order valence-electron chi connectivity index (χ4n) is 2.71. The highest BCUT2D eigenvalue weighted by Crippen LogP contribution is 2.36. The molecule has 1 aliphatic rings. The zero-order chi connectivity index (χ0) is 15.0. The number of aliphatic hydroxyl groups is 1. The molecule has 8 nitrogen and oxygen atoms in total. The van der Waals surface area contributed by atoms with Crippen molar-refractivity contribution in [2.45, 2.75) is 32.6 Å². The first-order valence-electron chi connectivity index (χ1n) is 7.03. The van der Waals surface area contributed by atoms with E-state index in [0.29, 0.717) is 23.7 Å². The molecule has 0 bridgehead atoms. The minimum atomic E-state index is -0.226. The van der Waals surface area contributed by atoms with Gasteiger partial charge >= 0.3 is 0 Å². The lowest BCUT2D eigenvalue weighted by molar-refractivity contribution is -0.0294. The van der Waals surface area contributed by atoms with Crippen LogP contribution < -0.4 is 10.5 Å². The van der Waals surface area contributed by atoms with E-state index < -0.39 is 0 Å². The van der Waals surface area contributed by atoms with Gasteiger partial charge in [-0.05, 0) is 13.3 Å². The molecule has 3 N–H and O–H groups in total. The van der Waals surface area contributed by atoms with Crippen molar-refractivity contribution < 1.29 is 14.6 Å². The van der Waals surface area contributed by atoms with E-state index in [4.69, 9.17) is 15.2 Å². The number of rotatable bonds is 4. The molecule has 1 fully saturated rings. The number of aliphatic hydroxyl groups excluding tert-OH is 1. The van der Waals surface area contributed by atoms with Gasteiger partial charge < -0.3 is 20.3 Å². The van der Waals surface area contributed by atoms with Gasteiger partial charge in [0.05, 0.1) is 25.6 Å². The SMILES string of the molecule is CCOc1nc(N)nc2c1ncn2[C@@H]1O[C@H](CO)C[C@@H]1C. The van der Waals surface area contributed by atoms with Crippen LogP contribution >= 0.6 is 0 Å². The first-order chi connectivity index (χ1) is 10.1. The van der Waals surface area contributed by atoms with Crippen molar-refractivity contribution >= 4 is 17.1 Å². The van der Waals surface area contributed by atoms with Gasteiger partial charge in [-0.15, -0.1) is 0 Å². The van der Waals surface area contributed by atoms with Crippen LogP contribution in [0, 0.1) is 5.92 Å². The Bertz CT molecular complexity index is 644. The molecule has 3 heterocycles. The summed E-state index contributed by atoms with van der Waals surface area (Å²) in [5, 5.41) is 9.26. The van der Waals surface area contributed by atoms with E-state index in [2.05, 4.69) is 21.9 Å². The topological polar surface area (TPSA) is 108 Å². The third kappa shape index (κ3) is 2.40. The van der Waals surface area contributed by atoms with Gasteiger partial charge in [-0.2, -0.15) is 9.97 Å². The zero-order valence-corrected chi connectivity index (χ0v) is 12.1. The zero-order valence-electron chi connectivity index (χ0n) is 12.1. The van der Waals surface area contributed by atoms with Crippen molar-refractivity contribution in [3.63, 3.8) is 0 Å². The summed E-state index contributed by atoms with van der Waals surface area (Å²) in [4.78, 5) is 12.6. The Kier molecular flexibility index (Phi) is 3.64. The van der Waals surface area contributed by atoms with Crippen LogP contribution in [0.1, 0.15) is 26.5 Å². The Morgan fingerprint density at radius 3 is 3.00 bits per heavy atom. The molecule has 2 aromatic rings. The van der Waals surface area contributed by atoms with E-state index in [1.807, 2.05) is 11.5 Å². The van der Waals surface area contributed by atoms with Gasteiger partial charge in [0.25, 0.3) is 0 Å². The highest BCUT2D eigenvalue weighted by Gasteiger charge is 2.34. The lowest BCUT2D eigenvalue weighted by Gasteiger charge is -2.17. The average molecular weight is 293 g/mol. The van der Waals surface area contributed by atoms with Crippen LogP contribution in [0.5, 0.6) is 5.88 Å². The minimum absolute atomic E-state index is 0.00872. The summed E-state index contributed by atoms with van der Waals surface area (Å²) in [5.41, 5.74) is 6.89. The second-order valence-electron chi connectivity index (χ2n) is 5.19. The normalized spacial score (nSPS) is 25.6. The number of imidazole rings is 1. The second kappa shape index (κ2) is 5.45. The van der Waals surface area contributed by atoms with Crippen LogP contribution in [-0.4, -0.2) is 43.9 Å². The molecule has 1 aliphatic heterocycles. The molecule has 0 aliphatic carbocycles. The molecule has 2 aromatic heterocycles. The molecule has 0 saturated carbocycles. The average Bonchev–Trinajstić information content (AvgIpc) is 3.02. The Morgan fingerprint density at radius 2 is 2.33 bits per heavy atom. The smallest absolute Gasteiger partial charge is 0.247 e. The molecule has 114 valence electrons. The third-order valence-corrected chi connectivity index (χ3v) is 3.62. The van der Waals surface area contributed by atoms with Crippen LogP contribution in [-0.2, 0) is 4.74 Å². The molecule has 3 rings (SSSR count). The van der Waals surface area contributed by atoms with Crippen molar-refractivity contribution in [1.82, 2.24) is 19.5 Å². The van der Waals surface area contributed by atoms with Crippen molar-refractivity contribution in [1.29, 1.82) is 0 Å². The number of aromatic nitrogens is 4. The molecule has 3 atom stereocenters. The highest BCUT2D eigenvalue weighted by molar-refractivity contribution is 5.77. The quantitative estimate of drug-likeness (QED) is 0.855. The minimum Gasteiger partial charge on any atom is -0.476 e. The lowest BCUT2D eigenvalue weighted by atomic mass is 10.1. The van der Waals surface area contributed by atoms with Gasteiger partial charge in [0.15, 0.2) is 11.2 Å². The van der Waals surface area contributed by atoms with Crippen LogP contribution in [0.4, 0.5) is 5.95 Å². The molecule has 0 amide bonds. The number of anilines is 1. The van der Waals surface area contributed by atoms with Gasteiger partial charge in [-0.25, -0.2) is 4.98 Å². The molecule has 0 spiro atoms. The monoisotopic (exact) mass is 293 g/mol. The van der Waals surface area contributed by atoms with E-state index in [-0.39, 0.29) is 30.8 Å². The third-order valence-electron chi connectivity index (χ3n) is 3.62. The maximum absolute atomic E-state index is 9.26. The molecule has 0 aromatic carbocycles. The Morgan fingerprint density at radius 1 is 1.52 bits per heavy atom. The van der Waals surface area contributed by atoms with Crippen LogP contribution in [0.15, 0.2) is 6.33 Å². The standard InChI is InChI=1S/C13H19N5O3/c1-3-20-11-9-10(16-13(14)17-11)18(6-15-9)12-7(2)4-8(5-19)21-12/h6-8,12,19H,3-5H2,1-2H3,(H2,14,16,17)/t7-,8-,12+/m0/s1. The largest absolute Gasteiger partial charge is 0.476 e. The summed E-state index contributed by atoms with van der Waals surface area (Å²) < 4.78 is 13.1. The Balaban J connectivity index is 2.04. The molecular weight excluding hydrogens is 274 g/mol. The number of nitrogens with zero attached hydrogens (tertiary/aromatic N) is 4. The lowest BCUT2D eigenvalue weighted by Crippen LogP contribution is -2.15. The number of fused-ring (bicyclic) bond motifs is 1.